The molecular formula is C15H22O6. The van der Waals surface area contributed by atoms with Crippen molar-refractivity contribution in [3.63, 3.8) is 0 Å². The van der Waals surface area contributed by atoms with Crippen molar-refractivity contribution in [2.45, 2.75) is 25.9 Å². The van der Waals surface area contributed by atoms with Gasteiger partial charge in [-0.05, 0) is 18.6 Å². The van der Waals surface area contributed by atoms with Gasteiger partial charge < -0.3 is 24.4 Å². The summed E-state index contributed by atoms with van der Waals surface area (Å²) in [6, 6.07) is 3.21. The predicted octanol–water partition coefficient (Wildman–Crippen LogP) is 2.25. The van der Waals surface area contributed by atoms with Crippen LogP contribution in [-0.2, 0) is 4.79 Å². The first-order valence-corrected chi connectivity index (χ1v) is 6.71. The van der Waals surface area contributed by atoms with Crippen molar-refractivity contribution in [2.24, 2.45) is 5.92 Å². The lowest BCUT2D eigenvalue weighted by molar-refractivity contribution is -0.146. The Labute approximate surface area is 124 Å². The van der Waals surface area contributed by atoms with Crippen molar-refractivity contribution in [1.29, 1.82) is 0 Å². The molecule has 0 saturated carbocycles. The number of carbonyl (C=O) groups is 1. The molecule has 0 aliphatic carbocycles. The molecule has 21 heavy (non-hydrogen) atoms. The lowest BCUT2D eigenvalue weighted by atomic mass is 9.91. The molecule has 0 bridgehead atoms. The quantitative estimate of drug-likeness (QED) is 0.765. The minimum absolute atomic E-state index is 0.284. The molecule has 6 nitrogen and oxygen atoms in total. The molecule has 0 heterocycles. The highest BCUT2D eigenvalue weighted by molar-refractivity contribution is 5.71. The van der Waals surface area contributed by atoms with Gasteiger partial charge in [-0.15, -0.1) is 0 Å². The Kier molecular flexibility index (Phi) is 6.30. The normalized spacial score (nSPS) is 13.4. The first-order chi connectivity index (χ1) is 10.0. The zero-order chi connectivity index (χ0) is 16.0. The minimum Gasteiger partial charge on any atom is -0.493 e. The molecule has 1 aromatic carbocycles. The molecule has 118 valence electrons. The fourth-order valence-corrected chi connectivity index (χ4v) is 2.30. The van der Waals surface area contributed by atoms with Gasteiger partial charge in [0.15, 0.2) is 11.5 Å². The Morgan fingerprint density at radius 3 is 2.19 bits per heavy atom. The fraction of sp³-hybridized carbons (Fsp3) is 0.533. The number of ether oxygens (including phenoxy) is 3. The second kappa shape index (κ2) is 7.73. The molecule has 0 fully saturated rings. The molecule has 0 saturated heterocycles. The molecule has 2 atom stereocenters. The molecule has 0 radical (unpaired) electrons. The summed E-state index contributed by atoms with van der Waals surface area (Å²) in [7, 11) is 4.38. The van der Waals surface area contributed by atoms with E-state index in [2.05, 4.69) is 0 Å². The van der Waals surface area contributed by atoms with Crippen molar-refractivity contribution < 1.29 is 29.2 Å². The SMILES string of the molecule is CCCC(C(=O)O)C(O)c1ccc(OC)c(OC)c1OC. The van der Waals surface area contributed by atoms with E-state index in [0.717, 1.165) is 0 Å². The van der Waals surface area contributed by atoms with Crippen LogP contribution in [0.15, 0.2) is 12.1 Å². The lowest BCUT2D eigenvalue weighted by Gasteiger charge is -2.23. The highest BCUT2D eigenvalue weighted by Gasteiger charge is 2.31. The molecular weight excluding hydrogens is 276 g/mol. The zero-order valence-corrected chi connectivity index (χ0v) is 12.8. The summed E-state index contributed by atoms with van der Waals surface area (Å²) in [4.78, 5) is 11.3. The summed E-state index contributed by atoms with van der Waals surface area (Å²) in [5.41, 5.74) is 0.371. The maximum atomic E-state index is 11.3. The number of carboxylic acid groups (broad SMARTS) is 1. The average Bonchev–Trinajstić information content (AvgIpc) is 2.49. The molecule has 0 aromatic heterocycles. The number of aliphatic carboxylic acids is 1. The van der Waals surface area contributed by atoms with Crippen LogP contribution in [-0.4, -0.2) is 37.5 Å². The smallest absolute Gasteiger partial charge is 0.309 e. The predicted molar refractivity (Wildman–Crippen MR) is 77.1 cm³/mol. The van der Waals surface area contributed by atoms with Crippen molar-refractivity contribution in [3.8, 4) is 17.2 Å². The highest BCUT2D eigenvalue weighted by atomic mass is 16.5. The summed E-state index contributed by atoms with van der Waals surface area (Å²) in [6.45, 7) is 1.87. The standard InChI is InChI=1S/C15H22O6/c1-5-6-10(15(17)18)12(16)9-7-8-11(19-2)14(21-4)13(9)20-3/h7-8,10,12,16H,5-6H2,1-4H3,(H,17,18). The number of carboxylic acids is 1. The molecule has 6 heteroatoms. The number of aliphatic hydroxyl groups excluding tert-OH is 1. The van der Waals surface area contributed by atoms with Gasteiger partial charge in [0.05, 0.1) is 33.4 Å². The van der Waals surface area contributed by atoms with Gasteiger partial charge in [0.25, 0.3) is 0 Å². The van der Waals surface area contributed by atoms with E-state index >= 15 is 0 Å². The van der Waals surface area contributed by atoms with Crippen molar-refractivity contribution >= 4 is 5.97 Å². The van der Waals surface area contributed by atoms with Crippen molar-refractivity contribution in [2.75, 3.05) is 21.3 Å². The summed E-state index contributed by atoms with van der Waals surface area (Å²) >= 11 is 0. The molecule has 1 aromatic rings. The second-order valence-electron chi connectivity index (χ2n) is 4.60. The van der Waals surface area contributed by atoms with Crippen LogP contribution in [0.2, 0.25) is 0 Å². The van der Waals surface area contributed by atoms with Gasteiger partial charge in [-0.3, -0.25) is 4.79 Å². The number of aliphatic hydroxyl groups is 1. The molecule has 0 spiro atoms. The van der Waals surface area contributed by atoms with Crippen molar-refractivity contribution in [3.05, 3.63) is 17.7 Å². The van der Waals surface area contributed by atoms with Crippen LogP contribution in [0, 0.1) is 5.92 Å². The Morgan fingerprint density at radius 2 is 1.76 bits per heavy atom. The van der Waals surface area contributed by atoms with E-state index in [9.17, 15) is 15.0 Å². The third-order valence-electron chi connectivity index (χ3n) is 3.35. The monoisotopic (exact) mass is 298 g/mol. The minimum atomic E-state index is -1.18. The summed E-state index contributed by atoms with van der Waals surface area (Å²) < 4.78 is 15.7. The summed E-state index contributed by atoms with van der Waals surface area (Å²) in [5, 5.41) is 19.7. The molecule has 1 rings (SSSR count). The Morgan fingerprint density at radius 1 is 1.14 bits per heavy atom. The number of benzene rings is 1. The fourth-order valence-electron chi connectivity index (χ4n) is 2.30. The number of hydrogen-bond acceptors (Lipinski definition) is 5. The van der Waals surface area contributed by atoms with Crippen LogP contribution in [0.3, 0.4) is 0 Å². The number of hydrogen-bond donors (Lipinski definition) is 2. The van der Waals surface area contributed by atoms with E-state index in [1.54, 1.807) is 12.1 Å². The van der Waals surface area contributed by atoms with Gasteiger partial charge in [-0.25, -0.2) is 0 Å². The lowest BCUT2D eigenvalue weighted by Crippen LogP contribution is -2.22. The first-order valence-electron chi connectivity index (χ1n) is 6.71. The van der Waals surface area contributed by atoms with Gasteiger partial charge >= 0.3 is 5.97 Å². The van der Waals surface area contributed by atoms with E-state index < -0.39 is 18.0 Å². The molecule has 2 unspecified atom stereocenters. The van der Waals surface area contributed by atoms with E-state index in [-0.39, 0.29) is 5.75 Å². The van der Waals surface area contributed by atoms with Gasteiger partial charge in [0.2, 0.25) is 5.75 Å². The molecule has 0 aliphatic rings. The summed E-state index contributed by atoms with van der Waals surface area (Å²) in [6.07, 6.45) is -0.158. The first kappa shape index (κ1) is 17.1. The summed E-state index contributed by atoms with van der Waals surface area (Å²) in [5.74, 6) is -0.875. The van der Waals surface area contributed by atoms with Crippen LogP contribution in [0.25, 0.3) is 0 Å². The number of methoxy groups -OCH3 is 3. The van der Waals surface area contributed by atoms with Crippen LogP contribution >= 0.6 is 0 Å². The van der Waals surface area contributed by atoms with Crippen LogP contribution in [0.4, 0.5) is 0 Å². The van der Waals surface area contributed by atoms with Gasteiger partial charge in [-0.2, -0.15) is 0 Å². The van der Waals surface area contributed by atoms with Crippen LogP contribution in [0.1, 0.15) is 31.4 Å². The van der Waals surface area contributed by atoms with Crippen LogP contribution in [0.5, 0.6) is 17.2 Å². The Bertz CT molecular complexity index is 485. The Hall–Kier alpha value is -1.95. The zero-order valence-electron chi connectivity index (χ0n) is 12.8. The Balaban J connectivity index is 3.31. The maximum absolute atomic E-state index is 11.3. The van der Waals surface area contributed by atoms with Gasteiger partial charge in [-0.1, -0.05) is 13.3 Å². The maximum Gasteiger partial charge on any atom is 0.309 e. The largest absolute Gasteiger partial charge is 0.493 e. The van der Waals surface area contributed by atoms with Crippen molar-refractivity contribution in [1.82, 2.24) is 0 Å². The molecule has 2 N–H and O–H groups in total. The molecule has 0 aliphatic heterocycles. The highest BCUT2D eigenvalue weighted by Crippen LogP contribution is 2.44. The van der Waals surface area contributed by atoms with Crippen LogP contribution < -0.4 is 14.2 Å². The van der Waals surface area contributed by atoms with E-state index in [1.165, 1.54) is 21.3 Å². The van der Waals surface area contributed by atoms with Gasteiger partial charge in [0.1, 0.15) is 0 Å². The second-order valence-corrected chi connectivity index (χ2v) is 4.60. The molecule has 0 amide bonds. The topological polar surface area (TPSA) is 85.2 Å². The third kappa shape index (κ3) is 3.58. The number of rotatable bonds is 8. The van der Waals surface area contributed by atoms with E-state index in [1.807, 2.05) is 6.92 Å². The van der Waals surface area contributed by atoms with Gasteiger partial charge in [0, 0.05) is 5.56 Å². The third-order valence-corrected chi connectivity index (χ3v) is 3.35. The van der Waals surface area contributed by atoms with E-state index in [0.29, 0.717) is 29.9 Å². The van der Waals surface area contributed by atoms with E-state index in [4.69, 9.17) is 14.2 Å². The average molecular weight is 298 g/mol.